The van der Waals surface area contributed by atoms with Crippen LogP contribution in [0, 0.1) is 13.8 Å². The smallest absolute Gasteiger partial charge is 0.243 e. The van der Waals surface area contributed by atoms with E-state index in [4.69, 9.17) is 0 Å². The summed E-state index contributed by atoms with van der Waals surface area (Å²) < 4.78 is 56.2. The van der Waals surface area contributed by atoms with Gasteiger partial charge in [-0.05, 0) is 64.0 Å². The molecule has 188 valence electrons. The van der Waals surface area contributed by atoms with Gasteiger partial charge in [-0.2, -0.15) is 8.61 Å². The number of benzene rings is 2. The zero-order valence-corrected chi connectivity index (χ0v) is 21.7. The van der Waals surface area contributed by atoms with Gasteiger partial charge in [0.25, 0.3) is 0 Å². The molecule has 0 spiro atoms. The molecular formula is C24H36N4O4S2. The van der Waals surface area contributed by atoms with E-state index in [1.54, 1.807) is 48.5 Å². The Bertz CT molecular complexity index is 1030. The Morgan fingerprint density at radius 1 is 0.559 bits per heavy atom. The zero-order chi connectivity index (χ0) is 24.6. The number of nitrogens with zero attached hydrogens (tertiary/aromatic N) is 2. The maximum absolute atomic E-state index is 13.3. The minimum absolute atomic E-state index is 0.241. The topological polar surface area (TPSA) is 98.8 Å². The molecule has 8 nitrogen and oxygen atoms in total. The monoisotopic (exact) mass is 508 g/mol. The highest BCUT2D eigenvalue weighted by Gasteiger charge is 2.27. The van der Waals surface area contributed by atoms with Crippen LogP contribution in [-0.2, 0) is 20.0 Å². The van der Waals surface area contributed by atoms with Crippen molar-refractivity contribution in [3.63, 3.8) is 0 Å². The van der Waals surface area contributed by atoms with Gasteiger partial charge in [-0.25, -0.2) is 16.8 Å². The van der Waals surface area contributed by atoms with Gasteiger partial charge in [0.2, 0.25) is 20.0 Å². The molecule has 0 aliphatic carbocycles. The number of hydrogen-bond acceptors (Lipinski definition) is 6. The molecular weight excluding hydrogens is 472 g/mol. The van der Waals surface area contributed by atoms with E-state index in [1.807, 2.05) is 13.8 Å². The predicted molar refractivity (Wildman–Crippen MR) is 135 cm³/mol. The van der Waals surface area contributed by atoms with E-state index < -0.39 is 20.0 Å². The first kappa shape index (κ1) is 26.8. The number of aryl methyl sites for hydroxylation is 2. The largest absolute Gasteiger partial charge is 0.315 e. The molecule has 0 bridgehead atoms. The number of rotatable bonds is 4. The van der Waals surface area contributed by atoms with Crippen LogP contribution in [0.2, 0.25) is 0 Å². The lowest BCUT2D eigenvalue weighted by Crippen LogP contribution is -2.42. The SMILES string of the molecule is Cc1ccc(S(=O)(=O)N2CCCN(S(=O)(=O)c3ccc(C)cc3)CCNCCCNCC2)cc1. The van der Waals surface area contributed by atoms with Crippen LogP contribution in [0.1, 0.15) is 24.0 Å². The molecule has 0 atom stereocenters. The maximum Gasteiger partial charge on any atom is 0.243 e. The highest BCUT2D eigenvalue weighted by Crippen LogP contribution is 2.19. The molecule has 2 aromatic rings. The first-order valence-electron chi connectivity index (χ1n) is 11.8. The van der Waals surface area contributed by atoms with Crippen molar-refractivity contribution in [2.45, 2.75) is 36.5 Å². The van der Waals surface area contributed by atoms with E-state index in [0.29, 0.717) is 32.6 Å². The van der Waals surface area contributed by atoms with Crippen LogP contribution in [0.3, 0.4) is 0 Å². The molecule has 1 heterocycles. The molecule has 1 fully saturated rings. The minimum Gasteiger partial charge on any atom is -0.315 e. The summed E-state index contributed by atoms with van der Waals surface area (Å²) in [5, 5.41) is 6.62. The summed E-state index contributed by atoms with van der Waals surface area (Å²) in [7, 11) is -7.36. The van der Waals surface area contributed by atoms with Crippen molar-refractivity contribution in [1.82, 2.24) is 19.2 Å². The zero-order valence-electron chi connectivity index (χ0n) is 20.0. The second kappa shape index (κ2) is 12.2. The summed E-state index contributed by atoms with van der Waals surface area (Å²) in [6.07, 6.45) is 1.27. The fraction of sp³-hybridized carbons (Fsp3) is 0.500. The van der Waals surface area contributed by atoms with Crippen LogP contribution in [-0.4, -0.2) is 77.8 Å². The Labute approximate surface area is 204 Å². The highest BCUT2D eigenvalue weighted by atomic mass is 32.2. The summed E-state index contributed by atoms with van der Waals surface area (Å²) in [4.78, 5) is 0.514. The molecule has 3 rings (SSSR count). The third-order valence-electron chi connectivity index (χ3n) is 5.92. The molecule has 0 radical (unpaired) electrons. The summed E-state index contributed by atoms with van der Waals surface area (Å²) in [6, 6.07) is 13.7. The molecule has 0 amide bonds. The van der Waals surface area contributed by atoms with Crippen LogP contribution < -0.4 is 10.6 Å². The first-order valence-corrected chi connectivity index (χ1v) is 14.6. The number of nitrogens with one attached hydrogen (secondary N) is 2. The van der Waals surface area contributed by atoms with Crippen molar-refractivity contribution in [2.75, 3.05) is 52.4 Å². The van der Waals surface area contributed by atoms with Crippen molar-refractivity contribution >= 4 is 20.0 Å². The van der Waals surface area contributed by atoms with Crippen LogP contribution >= 0.6 is 0 Å². The third-order valence-corrected chi connectivity index (χ3v) is 9.74. The summed E-state index contributed by atoms with van der Waals surface area (Å²) in [6.45, 7) is 7.57. The van der Waals surface area contributed by atoms with Gasteiger partial charge >= 0.3 is 0 Å². The molecule has 1 aliphatic rings. The molecule has 0 aromatic heterocycles. The van der Waals surface area contributed by atoms with Crippen molar-refractivity contribution in [1.29, 1.82) is 0 Å². The van der Waals surface area contributed by atoms with Crippen LogP contribution in [0.5, 0.6) is 0 Å². The Balaban J connectivity index is 1.80. The fourth-order valence-electron chi connectivity index (χ4n) is 3.84. The Morgan fingerprint density at radius 3 is 1.32 bits per heavy atom. The van der Waals surface area contributed by atoms with E-state index >= 15 is 0 Å². The third kappa shape index (κ3) is 7.10. The van der Waals surface area contributed by atoms with Crippen LogP contribution in [0.4, 0.5) is 0 Å². The summed E-state index contributed by atoms with van der Waals surface area (Å²) >= 11 is 0. The molecule has 0 saturated carbocycles. The first-order chi connectivity index (χ1) is 16.2. The van der Waals surface area contributed by atoms with E-state index in [9.17, 15) is 16.8 Å². The standard InChI is InChI=1S/C24H36N4O4S2/c1-21-5-9-23(10-6-21)33(29,30)27-17-4-18-28(20-16-26-14-3-13-25-15-19-27)34(31,32)24-11-7-22(2)8-12-24/h5-12,25-26H,3-4,13-20H2,1-2H3. The minimum atomic E-state index is -3.68. The van der Waals surface area contributed by atoms with Crippen molar-refractivity contribution in [2.24, 2.45) is 0 Å². The molecule has 1 saturated heterocycles. The number of sulfonamides is 2. The van der Waals surface area contributed by atoms with E-state index in [0.717, 1.165) is 30.6 Å². The van der Waals surface area contributed by atoms with Crippen molar-refractivity contribution < 1.29 is 16.8 Å². The Morgan fingerprint density at radius 2 is 0.941 bits per heavy atom. The lowest BCUT2D eigenvalue weighted by molar-refractivity contribution is 0.350. The van der Waals surface area contributed by atoms with E-state index in [-0.39, 0.29) is 22.9 Å². The maximum atomic E-state index is 13.3. The van der Waals surface area contributed by atoms with Gasteiger partial charge in [0.15, 0.2) is 0 Å². The van der Waals surface area contributed by atoms with E-state index in [1.165, 1.54) is 8.61 Å². The Kier molecular flexibility index (Phi) is 9.64. The van der Waals surface area contributed by atoms with Crippen LogP contribution in [0.25, 0.3) is 0 Å². The van der Waals surface area contributed by atoms with Crippen molar-refractivity contribution in [3.05, 3.63) is 59.7 Å². The van der Waals surface area contributed by atoms with Gasteiger partial charge in [-0.3, -0.25) is 0 Å². The summed E-state index contributed by atoms with van der Waals surface area (Å²) in [5.74, 6) is 0. The molecule has 2 aromatic carbocycles. The quantitative estimate of drug-likeness (QED) is 0.655. The number of hydrogen-bond donors (Lipinski definition) is 2. The molecule has 2 N–H and O–H groups in total. The second-order valence-corrected chi connectivity index (χ2v) is 12.5. The average Bonchev–Trinajstić information content (AvgIpc) is 2.80. The lowest BCUT2D eigenvalue weighted by atomic mass is 10.2. The molecule has 10 heteroatoms. The van der Waals surface area contributed by atoms with Gasteiger partial charge in [0.1, 0.15) is 0 Å². The van der Waals surface area contributed by atoms with Crippen LogP contribution in [0.15, 0.2) is 58.3 Å². The molecule has 1 aliphatic heterocycles. The molecule has 34 heavy (non-hydrogen) atoms. The molecule has 0 unspecified atom stereocenters. The van der Waals surface area contributed by atoms with Crippen molar-refractivity contribution in [3.8, 4) is 0 Å². The van der Waals surface area contributed by atoms with Gasteiger partial charge in [0.05, 0.1) is 9.79 Å². The highest BCUT2D eigenvalue weighted by molar-refractivity contribution is 7.89. The fourth-order valence-corrected chi connectivity index (χ4v) is 6.80. The van der Waals surface area contributed by atoms with E-state index in [2.05, 4.69) is 10.6 Å². The summed E-state index contributed by atoms with van der Waals surface area (Å²) in [5.41, 5.74) is 1.99. The van der Waals surface area contributed by atoms with Gasteiger partial charge in [-0.1, -0.05) is 35.4 Å². The second-order valence-electron chi connectivity index (χ2n) is 8.64. The van der Waals surface area contributed by atoms with Gasteiger partial charge in [-0.15, -0.1) is 0 Å². The predicted octanol–water partition coefficient (Wildman–Crippen LogP) is 1.96. The lowest BCUT2D eigenvalue weighted by Gasteiger charge is -2.26. The Hall–Kier alpha value is -1.82. The van der Waals surface area contributed by atoms with Gasteiger partial charge in [0, 0.05) is 39.3 Å². The van der Waals surface area contributed by atoms with Gasteiger partial charge < -0.3 is 10.6 Å². The average molecular weight is 509 g/mol. The normalized spacial score (nSPS) is 18.9.